The van der Waals surface area contributed by atoms with Crippen molar-refractivity contribution in [3.05, 3.63) is 30.3 Å². The second-order valence-corrected chi connectivity index (χ2v) is 6.33. The van der Waals surface area contributed by atoms with E-state index in [2.05, 4.69) is 9.62 Å². The van der Waals surface area contributed by atoms with Crippen LogP contribution in [0.2, 0.25) is 0 Å². The van der Waals surface area contributed by atoms with Gasteiger partial charge in [0.2, 0.25) is 10.0 Å². The molecule has 0 heterocycles. The molecule has 0 fully saturated rings. The molecule has 0 atom stereocenters. The third-order valence-corrected chi connectivity index (χ3v) is 4.23. The zero-order valence-electron chi connectivity index (χ0n) is 11.2. The Morgan fingerprint density at radius 2 is 1.89 bits per heavy atom. The molecule has 19 heavy (non-hydrogen) atoms. The number of sulfonamides is 1. The second-order valence-electron chi connectivity index (χ2n) is 4.40. The van der Waals surface area contributed by atoms with E-state index in [1.54, 1.807) is 0 Å². The van der Waals surface area contributed by atoms with Crippen molar-refractivity contribution in [2.45, 2.75) is 12.8 Å². The van der Waals surface area contributed by atoms with E-state index in [-0.39, 0.29) is 18.8 Å². The minimum absolute atomic E-state index is 0.0158. The third-order valence-electron chi connectivity index (χ3n) is 2.76. The quantitative estimate of drug-likeness (QED) is 0.659. The number of anilines is 1. The van der Waals surface area contributed by atoms with Crippen LogP contribution >= 0.6 is 0 Å². The number of nitrogens with zero attached hydrogens (tertiary/aromatic N) is 1. The normalized spacial score (nSPS) is 11.5. The van der Waals surface area contributed by atoms with E-state index in [1.807, 2.05) is 37.4 Å². The van der Waals surface area contributed by atoms with Crippen LogP contribution in [-0.4, -0.2) is 46.0 Å². The van der Waals surface area contributed by atoms with Crippen molar-refractivity contribution in [1.29, 1.82) is 0 Å². The molecule has 1 aromatic carbocycles. The van der Waals surface area contributed by atoms with E-state index in [9.17, 15) is 8.42 Å². The van der Waals surface area contributed by atoms with Crippen LogP contribution in [0.15, 0.2) is 30.3 Å². The van der Waals surface area contributed by atoms with Gasteiger partial charge in [0.25, 0.3) is 0 Å². The van der Waals surface area contributed by atoms with Crippen molar-refractivity contribution >= 4 is 15.7 Å². The summed E-state index contributed by atoms with van der Waals surface area (Å²) in [6, 6.07) is 9.95. The van der Waals surface area contributed by atoms with Crippen LogP contribution in [0.5, 0.6) is 0 Å². The van der Waals surface area contributed by atoms with Crippen molar-refractivity contribution in [2.24, 2.45) is 0 Å². The summed E-state index contributed by atoms with van der Waals surface area (Å²) in [5, 5.41) is 8.60. The Morgan fingerprint density at radius 3 is 2.53 bits per heavy atom. The minimum Gasteiger partial charge on any atom is -0.396 e. The monoisotopic (exact) mass is 286 g/mol. The van der Waals surface area contributed by atoms with Gasteiger partial charge in [-0.25, -0.2) is 13.1 Å². The lowest BCUT2D eigenvalue weighted by Gasteiger charge is -2.19. The van der Waals surface area contributed by atoms with Crippen LogP contribution < -0.4 is 9.62 Å². The van der Waals surface area contributed by atoms with E-state index in [4.69, 9.17) is 5.11 Å². The number of benzene rings is 1. The van der Waals surface area contributed by atoms with Crippen molar-refractivity contribution in [1.82, 2.24) is 4.72 Å². The molecule has 0 aliphatic carbocycles. The van der Waals surface area contributed by atoms with Gasteiger partial charge in [0.15, 0.2) is 0 Å². The molecule has 108 valence electrons. The van der Waals surface area contributed by atoms with E-state index >= 15 is 0 Å². The van der Waals surface area contributed by atoms with Gasteiger partial charge in [0, 0.05) is 32.4 Å². The van der Waals surface area contributed by atoms with Gasteiger partial charge in [-0.15, -0.1) is 0 Å². The molecule has 0 unspecified atom stereocenters. The van der Waals surface area contributed by atoms with Crippen LogP contribution in [0.3, 0.4) is 0 Å². The van der Waals surface area contributed by atoms with Crippen molar-refractivity contribution < 1.29 is 13.5 Å². The number of aliphatic hydroxyl groups excluding tert-OH is 1. The molecule has 0 aliphatic rings. The molecule has 1 aromatic rings. The molecular formula is C13H22N2O3S. The average molecular weight is 286 g/mol. The Balaban J connectivity index is 2.24. The van der Waals surface area contributed by atoms with Crippen LogP contribution in [-0.2, 0) is 10.0 Å². The summed E-state index contributed by atoms with van der Waals surface area (Å²) in [4.78, 5) is 2.09. The summed E-state index contributed by atoms with van der Waals surface area (Å²) in [6.45, 7) is 1.11. The second kappa shape index (κ2) is 8.14. The van der Waals surface area contributed by atoms with Crippen LogP contribution in [0.4, 0.5) is 5.69 Å². The highest BCUT2D eigenvalue weighted by Gasteiger charge is 2.08. The maximum absolute atomic E-state index is 11.5. The van der Waals surface area contributed by atoms with Crippen LogP contribution in [0.25, 0.3) is 0 Å². The van der Waals surface area contributed by atoms with Gasteiger partial charge >= 0.3 is 0 Å². The minimum atomic E-state index is -3.23. The Hall–Kier alpha value is -1.11. The van der Waals surface area contributed by atoms with Crippen LogP contribution in [0, 0.1) is 0 Å². The first-order valence-electron chi connectivity index (χ1n) is 6.39. The molecule has 0 aromatic heterocycles. The van der Waals surface area contributed by atoms with E-state index < -0.39 is 10.0 Å². The van der Waals surface area contributed by atoms with Crippen molar-refractivity contribution in [3.63, 3.8) is 0 Å². The number of aliphatic hydroxyl groups is 1. The molecule has 0 aliphatic heterocycles. The highest BCUT2D eigenvalue weighted by molar-refractivity contribution is 7.89. The molecule has 2 N–H and O–H groups in total. The molecule has 1 rings (SSSR count). The first-order valence-corrected chi connectivity index (χ1v) is 8.05. The number of rotatable bonds is 9. The third kappa shape index (κ3) is 6.56. The lowest BCUT2D eigenvalue weighted by Crippen LogP contribution is -2.30. The fraction of sp³-hybridized carbons (Fsp3) is 0.538. The highest BCUT2D eigenvalue weighted by atomic mass is 32.2. The fourth-order valence-electron chi connectivity index (χ4n) is 1.68. The molecule has 0 saturated heterocycles. The largest absolute Gasteiger partial charge is 0.396 e. The zero-order valence-corrected chi connectivity index (χ0v) is 12.1. The van der Waals surface area contributed by atoms with Crippen molar-refractivity contribution in [2.75, 3.05) is 37.4 Å². The fourth-order valence-corrected chi connectivity index (χ4v) is 2.79. The topological polar surface area (TPSA) is 69.6 Å². The molecule has 5 nitrogen and oxygen atoms in total. The number of para-hydroxylation sites is 1. The summed E-state index contributed by atoms with van der Waals surface area (Å²) in [5.41, 5.74) is 1.12. The Bertz CT molecular complexity index is 448. The summed E-state index contributed by atoms with van der Waals surface area (Å²) in [6.07, 6.45) is 1.02. The summed E-state index contributed by atoms with van der Waals surface area (Å²) < 4.78 is 25.5. The molecular weight excluding hydrogens is 264 g/mol. The van der Waals surface area contributed by atoms with Gasteiger partial charge in [0.1, 0.15) is 0 Å². The molecule has 0 amide bonds. The van der Waals surface area contributed by atoms with Crippen molar-refractivity contribution in [3.8, 4) is 0 Å². The maximum Gasteiger partial charge on any atom is 0.211 e. The maximum atomic E-state index is 11.5. The van der Waals surface area contributed by atoms with Gasteiger partial charge in [-0.05, 0) is 25.0 Å². The van der Waals surface area contributed by atoms with E-state index in [1.165, 1.54) is 0 Å². The average Bonchev–Trinajstić information content (AvgIpc) is 2.42. The van der Waals surface area contributed by atoms with Crippen LogP contribution in [0.1, 0.15) is 12.8 Å². The van der Waals surface area contributed by atoms with E-state index in [0.29, 0.717) is 6.54 Å². The first kappa shape index (κ1) is 15.9. The van der Waals surface area contributed by atoms with E-state index in [0.717, 1.165) is 18.7 Å². The molecule has 0 bridgehead atoms. The summed E-state index contributed by atoms with van der Waals surface area (Å²) in [5.74, 6) is -0.0158. The Kier molecular flexibility index (Phi) is 6.83. The van der Waals surface area contributed by atoms with Gasteiger partial charge in [-0.1, -0.05) is 18.2 Å². The lowest BCUT2D eigenvalue weighted by atomic mass is 10.3. The van der Waals surface area contributed by atoms with Gasteiger partial charge in [-0.2, -0.15) is 0 Å². The van der Waals surface area contributed by atoms with Gasteiger partial charge < -0.3 is 10.0 Å². The zero-order chi connectivity index (χ0) is 14.1. The number of nitrogens with one attached hydrogen (secondary N) is 1. The lowest BCUT2D eigenvalue weighted by molar-refractivity contribution is 0.295. The Labute approximate surface area is 115 Å². The highest BCUT2D eigenvalue weighted by Crippen LogP contribution is 2.10. The Morgan fingerprint density at radius 1 is 1.21 bits per heavy atom. The molecule has 0 saturated carbocycles. The summed E-state index contributed by atoms with van der Waals surface area (Å²) in [7, 11) is -1.25. The molecule has 0 radical (unpaired) electrons. The predicted octanol–water partition coefficient (Wildman–Crippen LogP) is 0.815. The first-order chi connectivity index (χ1) is 9.05. The molecule has 0 spiro atoms. The summed E-state index contributed by atoms with van der Waals surface area (Å²) >= 11 is 0. The number of hydrogen-bond donors (Lipinski definition) is 2. The molecule has 6 heteroatoms. The predicted molar refractivity (Wildman–Crippen MR) is 77.8 cm³/mol. The SMILES string of the molecule is CN(CCCNS(=O)(=O)CCCO)c1ccccc1. The smallest absolute Gasteiger partial charge is 0.211 e. The van der Waals surface area contributed by atoms with Gasteiger partial charge in [-0.3, -0.25) is 0 Å². The van der Waals surface area contributed by atoms with Gasteiger partial charge in [0.05, 0.1) is 5.75 Å². The number of hydrogen-bond acceptors (Lipinski definition) is 4. The standard InChI is InChI=1S/C13H22N2O3S/c1-15(13-7-3-2-4-8-13)10-5-9-14-19(17,18)12-6-11-16/h2-4,7-8,14,16H,5-6,9-12H2,1H3.